The fourth-order valence-electron chi connectivity index (χ4n) is 3.70. The number of carbonyl (C=O) groups is 2. The molecule has 0 saturated carbocycles. The number of aromatic nitrogens is 1. The van der Waals surface area contributed by atoms with E-state index in [2.05, 4.69) is 4.98 Å². The number of carbonyl (C=O) groups excluding carboxylic acids is 2. The highest BCUT2D eigenvalue weighted by molar-refractivity contribution is 5.94. The van der Waals surface area contributed by atoms with Crippen LogP contribution in [0.5, 0.6) is 0 Å². The summed E-state index contributed by atoms with van der Waals surface area (Å²) in [7, 11) is 0. The van der Waals surface area contributed by atoms with Crippen molar-refractivity contribution in [3.8, 4) is 11.3 Å². The van der Waals surface area contributed by atoms with Gasteiger partial charge in [0.25, 0.3) is 5.91 Å². The number of ketones is 1. The number of aliphatic hydroxyl groups excluding tert-OH is 1. The SMILES string of the molecule is CC(C)CC(=O)[C@H]1CCCN(C(=O)c2ccc(-c3cccc(CO)c3)nc2)C1. The first-order chi connectivity index (χ1) is 13.5. The maximum absolute atomic E-state index is 12.9. The first-order valence-corrected chi connectivity index (χ1v) is 9.96. The second-order valence-corrected chi connectivity index (χ2v) is 7.95. The van der Waals surface area contributed by atoms with Crippen molar-refractivity contribution in [1.29, 1.82) is 0 Å². The highest BCUT2D eigenvalue weighted by Crippen LogP contribution is 2.23. The van der Waals surface area contributed by atoms with E-state index in [-0.39, 0.29) is 24.2 Å². The van der Waals surface area contributed by atoms with Gasteiger partial charge in [-0.3, -0.25) is 14.6 Å². The molecule has 1 N–H and O–H groups in total. The van der Waals surface area contributed by atoms with E-state index in [0.29, 0.717) is 31.0 Å². The lowest BCUT2D eigenvalue weighted by molar-refractivity contribution is -0.124. The van der Waals surface area contributed by atoms with E-state index in [1.807, 2.05) is 44.2 Å². The van der Waals surface area contributed by atoms with Crippen molar-refractivity contribution in [3.63, 3.8) is 0 Å². The van der Waals surface area contributed by atoms with Crippen LogP contribution >= 0.6 is 0 Å². The van der Waals surface area contributed by atoms with Gasteiger partial charge in [-0.2, -0.15) is 0 Å². The highest BCUT2D eigenvalue weighted by Gasteiger charge is 2.29. The average molecular weight is 380 g/mol. The minimum atomic E-state index is -0.0646. The van der Waals surface area contributed by atoms with Crippen LogP contribution in [0.3, 0.4) is 0 Å². The number of Topliss-reactive ketones (excluding diaryl/α,β-unsaturated/α-hetero) is 1. The van der Waals surface area contributed by atoms with Gasteiger partial charge in [0.1, 0.15) is 5.78 Å². The van der Waals surface area contributed by atoms with Crippen LogP contribution in [0.1, 0.15) is 49.0 Å². The van der Waals surface area contributed by atoms with E-state index in [9.17, 15) is 14.7 Å². The molecule has 0 aliphatic carbocycles. The van der Waals surface area contributed by atoms with Crippen molar-refractivity contribution in [2.24, 2.45) is 11.8 Å². The maximum atomic E-state index is 12.9. The molecular weight excluding hydrogens is 352 g/mol. The molecule has 5 heteroatoms. The highest BCUT2D eigenvalue weighted by atomic mass is 16.3. The van der Waals surface area contributed by atoms with E-state index < -0.39 is 0 Å². The Morgan fingerprint density at radius 1 is 1.25 bits per heavy atom. The lowest BCUT2D eigenvalue weighted by Crippen LogP contribution is -2.42. The summed E-state index contributed by atoms with van der Waals surface area (Å²) in [5, 5.41) is 9.28. The molecule has 0 unspecified atom stereocenters. The van der Waals surface area contributed by atoms with Crippen LogP contribution in [0.25, 0.3) is 11.3 Å². The molecule has 28 heavy (non-hydrogen) atoms. The van der Waals surface area contributed by atoms with E-state index in [1.54, 1.807) is 17.2 Å². The molecule has 0 spiro atoms. The number of piperidine rings is 1. The van der Waals surface area contributed by atoms with E-state index >= 15 is 0 Å². The monoisotopic (exact) mass is 380 g/mol. The molecule has 5 nitrogen and oxygen atoms in total. The van der Waals surface area contributed by atoms with Crippen LogP contribution in [0, 0.1) is 11.8 Å². The molecule has 2 heterocycles. The molecule has 1 atom stereocenters. The number of nitrogens with zero attached hydrogens (tertiary/aromatic N) is 2. The maximum Gasteiger partial charge on any atom is 0.255 e. The topological polar surface area (TPSA) is 70.5 Å². The molecule has 1 aliphatic heterocycles. The molecular formula is C23H28N2O3. The summed E-state index contributed by atoms with van der Waals surface area (Å²) in [6.45, 7) is 5.27. The predicted octanol–water partition coefficient (Wildman–Crippen LogP) is 3.71. The van der Waals surface area contributed by atoms with Gasteiger partial charge in [0.15, 0.2) is 0 Å². The molecule has 0 radical (unpaired) electrons. The summed E-state index contributed by atoms with van der Waals surface area (Å²) in [4.78, 5) is 31.5. The molecule has 1 saturated heterocycles. The number of benzene rings is 1. The van der Waals surface area contributed by atoms with Crippen LogP contribution in [0.15, 0.2) is 42.6 Å². The number of rotatable bonds is 6. The van der Waals surface area contributed by atoms with Gasteiger partial charge in [-0.25, -0.2) is 0 Å². The fourth-order valence-corrected chi connectivity index (χ4v) is 3.70. The van der Waals surface area contributed by atoms with Crippen molar-refractivity contribution in [2.45, 2.75) is 39.7 Å². The first kappa shape index (κ1) is 20.2. The molecule has 1 aromatic heterocycles. The Hall–Kier alpha value is -2.53. The zero-order chi connectivity index (χ0) is 20.1. The molecule has 2 aromatic rings. The summed E-state index contributed by atoms with van der Waals surface area (Å²) < 4.78 is 0. The first-order valence-electron chi connectivity index (χ1n) is 9.96. The Morgan fingerprint density at radius 3 is 2.75 bits per heavy atom. The van der Waals surface area contributed by atoms with Crippen LogP contribution in [0.2, 0.25) is 0 Å². The third-order valence-corrected chi connectivity index (χ3v) is 5.19. The van der Waals surface area contributed by atoms with Crippen LogP contribution in [0.4, 0.5) is 0 Å². The minimum Gasteiger partial charge on any atom is -0.392 e. The predicted molar refractivity (Wildman–Crippen MR) is 109 cm³/mol. The summed E-state index contributed by atoms with van der Waals surface area (Å²) in [5.41, 5.74) is 3.03. The second-order valence-electron chi connectivity index (χ2n) is 7.95. The minimum absolute atomic E-state index is 0.0178. The van der Waals surface area contributed by atoms with E-state index in [4.69, 9.17) is 0 Å². The lowest BCUT2D eigenvalue weighted by atomic mass is 9.89. The largest absolute Gasteiger partial charge is 0.392 e. The van der Waals surface area contributed by atoms with Crippen LogP contribution < -0.4 is 0 Å². The smallest absolute Gasteiger partial charge is 0.255 e. The fraction of sp³-hybridized carbons (Fsp3) is 0.435. The Kier molecular flexibility index (Phi) is 6.57. The number of likely N-dealkylation sites (tertiary alicyclic amines) is 1. The molecule has 1 amide bonds. The normalized spacial score (nSPS) is 17.0. The Morgan fingerprint density at radius 2 is 2.07 bits per heavy atom. The molecule has 1 aliphatic rings. The zero-order valence-electron chi connectivity index (χ0n) is 16.6. The van der Waals surface area contributed by atoms with Crippen molar-refractivity contribution < 1.29 is 14.7 Å². The molecule has 1 aromatic carbocycles. The van der Waals surface area contributed by atoms with Gasteiger partial charge in [-0.05, 0) is 42.5 Å². The van der Waals surface area contributed by atoms with Gasteiger partial charge >= 0.3 is 0 Å². The van der Waals surface area contributed by atoms with Crippen LogP contribution in [-0.2, 0) is 11.4 Å². The van der Waals surface area contributed by atoms with Crippen molar-refractivity contribution in [1.82, 2.24) is 9.88 Å². The molecule has 0 bridgehead atoms. The van der Waals surface area contributed by atoms with E-state index in [1.165, 1.54) is 0 Å². The number of amides is 1. The summed E-state index contributed by atoms with van der Waals surface area (Å²) in [6.07, 6.45) is 3.91. The number of hydrogen-bond acceptors (Lipinski definition) is 4. The molecule has 3 rings (SSSR count). The standard InChI is InChI=1S/C23H28N2O3/c1-16(2)11-22(27)20-7-4-10-25(14-20)23(28)19-8-9-21(24-13-19)18-6-3-5-17(12-18)15-26/h3,5-6,8-9,12-13,16,20,26H,4,7,10-11,14-15H2,1-2H3/t20-/m0/s1. The summed E-state index contributed by atoms with van der Waals surface area (Å²) in [5.74, 6) is 0.503. The van der Waals surface area contributed by atoms with E-state index in [0.717, 1.165) is 29.7 Å². The van der Waals surface area contributed by atoms with Crippen molar-refractivity contribution in [3.05, 3.63) is 53.7 Å². The Labute approximate surface area is 166 Å². The Bertz CT molecular complexity index is 830. The van der Waals surface area contributed by atoms with Gasteiger partial charge in [0.05, 0.1) is 17.9 Å². The average Bonchev–Trinajstić information content (AvgIpc) is 2.73. The van der Waals surface area contributed by atoms with Crippen molar-refractivity contribution >= 4 is 11.7 Å². The Balaban J connectivity index is 1.69. The summed E-state index contributed by atoms with van der Waals surface area (Å²) in [6, 6.07) is 11.2. The van der Waals surface area contributed by atoms with Gasteiger partial charge < -0.3 is 10.0 Å². The zero-order valence-corrected chi connectivity index (χ0v) is 16.6. The van der Waals surface area contributed by atoms with Gasteiger partial charge in [-0.15, -0.1) is 0 Å². The van der Waals surface area contributed by atoms with Gasteiger partial charge in [0, 0.05) is 37.2 Å². The summed E-state index contributed by atoms with van der Waals surface area (Å²) >= 11 is 0. The third kappa shape index (κ3) is 4.84. The number of aliphatic hydroxyl groups is 1. The molecule has 148 valence electrons. The lowest BCUT2D eigenvalue weighted by Gasteiger charge is -2.32. The number of pyridine rings is 1. The van der Waals surface area contributed by atoms with Crippen LogP contribution in [-0.4, -0.2) is 39.8 Å². The molecule has 1 fully saturated rings. The second kappa shape index (κ2) is 9.11. The van der Waals surface area contributed by atoms with Crippen molar-refractivity contribution in [2.75, 3.05) is 13.1 Å². The number of hydrogen-bond donors (Lipinski definition) is 1. The van der Waals surface area contributed by atoms with Gasteiger partial charge in [0.2, 0.25) is 0 Å². The van der Waals surface area contributed by atoms with Gasteiger partial charge in [-0.1, -0.05) is 32.0 Å². The third-order valence-electron chi connectivity index (χ3n) is 5.19. The quantitative estimate of drug-likeness (QED) is 0.829.